The summed E-state index contributed by atoms with van der Waals surface area (Å²) in [5.74, 6) is -2.08. The topological polar surface area (TPSA) is 60.4 Å². The maximum Gasteiger partial charge on any atom is 0.108 e. The lowest BCUT2D eigenvalue weighted by atomic mass is 10.2. The van der Waals surface area contributed by atoms with Gasteiger partial charge in [-0.2, -0.15) is 0 Å². The number of carboxylic acids is 1. The first-order chi connectivity index (χ1) is 5.90. The van der Waals surface area contributed by atoms with Crippen LogP contribution in [0.15, 0.2) is 0 Å². The van der Waals surface area contributed by atoms with Gasteiger partial charge in [-0.15, -0.1) is 0 Å². The molecule has 0 aromatic carbocycles. The number of aliphatic hydroxyl groups is 1. The van der Waals surface area contributed by atoms with Gasteiger partial charge in [0.15, 0.2) is 0 Å². The average Bonchev–Trinajstić information content (AvgIpc) is 1.80. The summed E-state index contributed by atoms with van der Waals surface area (Å²) in [5.41, 5.74) is 0. The first-order valence-electron chi connectivity index (χ1n) is 4.64. The van der Waals surface area contributed by atoms with Crippen molar-refractivity contribution in [2.45, 2.75) is 12.5 Å². The van der Waals surface area contributed by atoms with E-state index in [0.29, 0.717) is 0 Å². The highest BCUT2D eigenvalue weighted by atomic mass is 16.4. The van der Waals surface area contributed by atoms with Crippen LogP contribution >= 0.6 is 0 Å². The van der Waals surface area contributed by atoms with E-state index in [1.54, 1.807) is 21.1 Å². The van der Waals surface area contributed by atoms with Gasteiger partial charge < -0.3 is 19.5 Å². The number of aliphatic carboxylic acids is 1. The Hall–Kier alpha value is -0.610. The number of carbonyl (C=O) groups is 1. The molecule has 0 aromatic heterocycles. The molecule has 0 saturated carbocycles. The fraction of sp³-hybridized carbons (Fsp3) is 0.857. The van der Waals surface area contributed by atoms with Gasteiger partial charge in [0, 0.05) is 15.1 Å². The van der Waals surface area contributed by atoms with Crippen LogP contribution in [0.2, 0.25) is 0 Å². The van der Waals surface area contributed by atoms with E-state index in [1.807, 2.05) is 0 Å². The molecule has 1 N–H and O–H groups in total. The third-order valence-corrected chi connectivity index (χ3v) is 0.870. The van der Waals surface area contributed by atoms with Crippen LogP contribution in [0.4, 0.5) is 0 Å². The van der Waals surface area contributed by atoms with Gasteiger partial charge in [0.2, 0.25) is 0 Å². The van der Waals surface area contributed by atoms with Crippen molar-refractivity contribution >= 4 is 5.97 Å². The van der Waals surface area contributed by atoms with Gasteiger partial charge in [0.1, 0.15) is 12.6 Å². The van der Waals surface area contributed by atoms with Crippen LogP contribution in [-0.4, -0.2) is 49.3 Å². The molecule has 1 atom stereocenters. The summed E-state index contributed by atoms with van der Waals surface area (Å²) in [7, 11) is 4.85. The van der Waals surface area contributed by atoms with E-state index in [-0.39, 0.29) is 11.0 Å². The minimum Gasteiger partial charge on any atom is -0.550 e. The van der Waals surface area contributed by atoms with Crippen LogP contribution in [0.1, 0.15) is 10.5 Å². The largest absolute Gasteiger partial charge is 0.550 e. The lowest BCUT2D eigenvalue weighted by Crippen LogP contribution is -2.43. The predicted molar refractivity (Wildman–Crippen MR) is 38.5 cm³/mol. The molecule has 4 nitrogen and oxygen atoms in total. The number of hydrogen-bond acceptors (Lipinski definition) is 3. The van der Waals surface area contributed by atoms with Crippen molar-refractivity contribution in [3.05, 3.63) is 0 Å². The Kier molecular flexibility index (Phi) is 2.00. The SMILES string of the molecule is [2H]C([2H])(C(=O)[O-])[C@@]([2H])(O)C[N+](C)(C)C. The van der Waals surface area contributed by atoms with Crippen LogP contribution in [0, 0.1) is 0 Å². The lowest BCUT2D eigenvalue weighted by Gasteiger charge is -2.26. The summed E-state index contributed by atoms with van der Waals surface area (Å²) >= 11 is 0. The molecule has 0 aliphatic heterocycles. The second-order valence-corrected chi connectivity index (χ2v) is 3.31. The van der Waals surface area contributed by atoms with Crippen LogP contribution in [0.5, 0.6) is 0 Å². The molecule has 0 amide bonds. The normalized spacial score (nSPS) is 22.7. The van der Waals surface area contributed by atoms with E-state index in [1.165, 1.54) is 0 Å². The predicted octanol–water partition coefficient (Wildman–Crippen LogP) is -1.81. The molecule has 0 aromatic rings. The van der Waals surface area contributed by atoms with Gasteiger partial charge in [-0.25, -0.2) is 0 Å². The Labute approximate surface area is 70.9 Å². The highest BCUT2D eigenvalue weighted by Crippen LogP contribution is 1.97. The number of nitrogens with zero attached hydrogens (tertiary/aromatic N) is 1. The Morgan fingerprint density at radius 3 is 2.55 bits per heavy atom. The van der Waals surface area contributed by atoms with Crippen molar-refractivity contribution < 1.29 is 23.6 Å². The molecule has 0 bridgehead atoms. The van der Waals surface area contributed by atoms with Gasteiger partial charge in [-0.1, -0.05) is 0 Å². The van der Waals surface area contributed by atoms with E-state index >= 15 is 0 Å². The molecule has 0 rings (SSSR count). The zero-order chi connectivity index (χ0) is 11.8. The summed E-state index contributed by atoms with van der Waals surface area (Å²) in [5, 5.41) is 19.8. The molecule has 0 aliphatic rings. The second-order valence-electron chi connectivity index (χ2n) is 3.31. The number of carboxylic acid groups (broad SMARTS) is 1. The molecule has 0 aliphatic carbocycles. The first kappa shape index (κ1) is 5.97. The molecular formula is C7H15NO3. The molecule has 0 spiro atoms. The molecule has 0 radical (unpaired) electrons. The number of carbonyl (C=O) groups excluding carboxylic acids is 1. The van der Waals surface area contributed by atoms with E-state index in [2.05, 4.69) is 0 Å². The molecule has 11 heavy (non-hydrogen) atoms. The minimum atomic E-state index is -3.08. The molecular weight excluding hydrogens is 146 g/mol. The molecule has 4 heteroatoms. The zero-order valence-corrected chi connectivity index (χ0v) is 6.92. The van der Waals surface area contributed by atoms with Gasteiger partial charge in [0.05, 0.1) is 22.5 Å². The fourth-order valence-electron chi connectivity index (χ4n) is 0.607. The number of likely N-dealkylation sites (N-methyl/N-ethyl adjacent to an activating group) is 1. The Balaban J connectivity index is 4.87. The molecule has 0 heterocycles. The highest BCUT2D eigenvalue weighted by molar-refractivity contribution is 5.64. The Morgan fingerprint density at radius 2 is 2.27 bits per heavy atom. The third-order valence-electron chi connectivity index (χ3n) is 0.870. The molecule has 66 valence electrons. The minimum absolute atomic E-state index is 0.0762. The van der Waals surface area contributed by atoms with Crippen molar-refractivity contribution in [1.82, 2.24) is 0 Å². The fourth-order valence-corrected chi connectivity index (χ4v) is 0.607. The van der Waals surface area contributed by atoms with E-state index in [4.69, 9.17) is 4.11 Å². The quantitative estimate of drug-likeness (QED) is 0.498. The van der Waals surface area contributed by atoms with Gasteiger partial charge in [0.25, 0.3) is 0 Å². The van der Waals surface area contributed by atoms with Crippen LogP contribution in [0.25, 0.3) is 0 Å². The maximum absolute atomic E-state index is 10.4. The van der Waals surface area contributed by atoms with Crippen molar-refractivity contribution in [3.63, 3.8) is 0 Å². The van der Waals surface area contributed by atoms with Crippen LogP contribution in [-0.2, 0) is 4.79 Å². The smallest absolute Gasteiger partial charge is 0.108 e. The summed E-state index contributed by atoms with van der Waals surface area (Å²) < 4.78 is 21.4. The molecule has 0 saturated heterocycles. The Bertz CT molecular complexity index is 235. The van der Waals surface area contributed by atoms with Crippen molar-refractivity contribution in [3.8, 4) is 0 Å². The molecule has 0 fully saturated rings. The van der Waals surface area contributed by atoms with Gasteiger partial charge in [-0.3, -0.25) is 0 Å². The summed E-state index contributed by atoms with van der Waals surface area (Å²) in [6.45, 7) is -0.353. The maximum atomic E-state index is 10.4. The second kappa shape index (κ2) is 3.69. The van der Waals surface area contributed by atoms with Crippen molar-refractivity contribution in [2.75, 3.05) is 27.7 Å². The van der Waals surface area contributed by atoms with Crippen molar-refractivity contribution in [2.24, 2.45) is 0 Å². The highest BCUT2D eigenvalue weighted by Gasteiger charge is 2.14. The van der Waals surface area contributed by atoms with E-state index < -0.39 is 18.4 Å². The van der Waals surface area contributed by atoms with E-state index in [9.17, 15) is 15.0 Å². The standard InChI is InChI=1S/C7H15NO3/c1-8(2,3)5-6(9)4-7(10)11/h6,9H,4-5H2,1-3H3/t6-/m1/s1/i4D2,6D. The van der Waals surface area contributed by atoms with Gasteiger partial charge in [-0.05, 0) is 0 Å². The van der Waals surface area contributed by atoms with E-state index in [0.717, 1.165) is 0 Å². The summed E-state index contributed by atoms with van der Waals surface area (Å²) in [4.78, 5) is 10.4. The number of quaternary nitrogens is 1. The van der Waals surface area contributed by atoms with Crippen LogP contribution in [0.3, 0.4) is 0 Å². The number of rotatable bonds is 4. The van der Waals surface area contributed by atoms with Crippen LogP contribution < -0.4 is 5.11 Å². The first-order valence-corrected chi connectivity index (χ1v) is 3.14. The zero-order valence-electron chi connectivity index (χ0n) is 9.92. The lowest BCUT2D eigenvalue weighted by molar-refractivity contribution is -0.873. The Morgan fingerprint density at radius 1 is 1.82 bits per heavy atom. The summed E-state index contributed by atoms with van der Waals surface area (Å²) in [6, 6.07) is 0. The number of hydrogen-bond donors (Lipinski definition) is 1. The monoisotopic (exact) mass is 164 g/mol. The third kappa shape index (κ3) is 7.29. The average molecular weight is 164 g/mol. The van der Waals surface area contributed by atoms with Gasteiger partial charge >= 0.3 is 0 Å². The molecule has 0 unspecified atom stereocenters. The van der Waals surface area contributed by atoms with Crippen molar-refractivity contribution in [1.29, 1.82) is 0 Å². The summed E-state index contributed by atoms with van der Waals surface area (Å²) in [6.07, 6.45) is -5.79.